The highest BCUT2D eigenvalue weighted by molar-refractivity contribution is 9.10. The molecule has 1 aromatic rings. The predicted molar refractivity (Wildman–Crippen MR) is 82.1 cm³/mol. The largest absolute Gasteiger partial charge is 0.271 e. The molecule has 0 bridgehead atoms. The highest BCUT2D eigenvalue weighted by Gasteiger charge is 2.21. The summed E-state index contributed by atoms with van der Waals surface area (Å²) in [5, 5.41) is 0. The molecule has 2 nitrogen and oxygen atoms in total. The van der Waals surface area contributed by atoms with Gasteiger partial charge in [-0.2, -0.15) is 0 Å². The Hall–Kier alpha value is -0.450. The van der Waals surface area contributed by atoms with Crippen molar-refractivity contribution in [2.45, 2.75) is 52.0 Å². The van der Waals surface area contributed by atoms with Crippen molar-refractivity contribution in [2.24, 2.45) is 11.8 Å². The van der Waals surface area contributed by atoms with Gasteiger partial charge in [0.2, 0.25) is 0 Å². The first-order chi connectivity index (χ1) is 9.13. The van der Waals surface area contributed by atoms with Crippen LogP contribution in [0.4, 0.5) is 4.39 Å². The summed E-state index contributed by atoms with van der Waals surface area (Å²) in [5.41, 5.74) is 3.41. The molecule has 0 aliphatic heterocycles. The van der Waals surface area contributed by atoms with Crippen molar-refractivity contribution in [1.29, 1.82) is 0 Å². The summed E-state index contributed by atoms with van der Waals surface area (Å²) in [6.45, 7) is 4.38. The van der Waals surface area contributed by atoms with Crippen LogP contribution in [0.5, 0.6) is 0 Å². The van der Waals surface area contributed by atoms with Crippen LogP contribution in [-0.2, 0) is 0 Å². The van der Waals surface area contributed by atoms with E-state index in [9.17, 15) is 4.39 Å². The van der Waals surface area contributed by atoms with Crippen molar-refractivity contribution in [1.82, 2.24) is 5.43 Å². The summed E-state index contributed by atoms with van der Waals surface area (Å²) in [6, 6.07) is 4.90. The fraction of sp³-hybridized carbons (Fsp3) is 0.600. The highest BCUT2D eigenvalue weighted by atomic mass is 79.9. The van der Waals surface area contributed by atoms with E-state index in [0.717, 1.165) is 17.3 Å². The van der Waals surface area contributed by atoms with Crippen LogP contribution in [0.1, 0.15) is 57.6 Å². The first-order valence-electron chi connectivity index (χ1n) is 7.04. The van der Waals surface area contributed by atoms with E-state index < -0.39 is 0 Å². The lowest BCUT2D eigenvalue weighted by Crippen LogP contribution is -2.30. The second kappa shape index (κ2) is 8.67. The highest BCUT2D eigenvalue weighted by Crippen LogP contribution is 2.32. The lowest BCUT2D eigenvalue weighted by molar-refractivity contribution is 0.349. The van der Waals surface area contributed by atoms with Gasteiger partial charge in [-0.25, -0.2) is 4.39 Å². The van der Waals surface area contributed by atoms with E-state index in [1.807, 2.05) is 6.07 Å². The summed E-state index contributed by atoms with van der Waals surface area (Å²) < 4.78 is 14.7. The zero-order valence-electron chi connectivity index (χ0n) is 11.8. The molecule has 0 fully saturated rings. The molecule has 1 rings (SSSR count). The van der Waals surface area contributed by atoms with Crippen LogP contribution in [0, 0.1) is 11.7 Å². The van der Waals surface area contributed by atoms with Crippen molar-refractivity contribution in [3.05, 3.63) is 34.1 Å². The summed E-state index contributed by atoms with van der Waals surface area (Å²) in [6.07, 6.45) is 5.56. The van der Waals surface area contributed by atoms with E-state index in [4.69, 9.17) is 5.84 Å². The zero-order chi connectivity index (χ0) is 14.3. The molecule has 2 atom stereocenters. The normalized spacial score (nSPS) is 14.4. The molecule has 0 spiro atoms. The summed E-state index contributed by atoms with van der Waals surface area (Å²) in [4.78, 5) is 0. The molecule has 108 valence electrons. The lowest BCUT2D eigenvalue weighted by Gasteiger charge is -2.23. The third kappa shape index (κ3) is 4.86. The quantitative estimate of drug-likeness (QED) is 0.535. The predicted octanol–water partition coefficient (Wildman–Crippen LogP) is 4.70. The van der Waals surface area contributed by atoms with Crippen LogP contribution in [0.2, 0.25) is 0 Å². The fourth-order valence-electron chi connectivity index (χ4n) is 2.43. The van der Waals surface area contributed by atoms with Gasteiger partial charge in [0.05, 0.1) is 6.04 Å². The Morgan fingerprint density at radius 2 is 2.11 bits per heavy atom. The Kier molecular flexibility index (Phi) is 7.57. The van der Waals surface area contributed by atoms with Crippen molar-refractivity contribution in [2.75, 3.05) is 0 Å². The van der Waals surface area contributed by atoms with E-state index in [0.29, 0.717) is 11.5 Å². The first kappa shape index (κ1) is 16.6. The van der Waals surface area contributed by atoms with E-state index in [2.05, 4.69) is 35.2 Å². The molecule has 0 aliphatic rings. The maximum Gasteiger partial charge on any atom is 0.129 e. The second-order valence-electron chi connectivity index (χ2n) is 5.01. The van der Waals surface area contributed by atoms with Crippen molar-refractivity contribution in [3.63, 3.8) is 0 Å². The summed E-state index contributed by atoms with van der Waals surface area (Å²) >= 11 is 3.42. The van der Waals surface area contributed by atoms with Gasteiger partial charge in [-0.3, -0.25) is 11.3 Å². The van der Waals surface area contributed by atoms with Crippen LogP contribution in [0.25, 0.3) is 0 Å². The summed E-state index contributed by atoms with van der Waals surface area (Å²) in [7, 11) is 0. The van der Waals surface area contributed by atoms with Gasteiger partial charge in [-0.05, 0) is 24.5 Å². The molecule has 0 amide bonds. The number of nitrogens with one attached hydrogen (secondary N) is 1. The molecule has 0 saturated carbocycles. The van der Waals surface area contributed by atoms with Crippen LogP contribution < -0.4 is 11.3 Å². The Balaban J connectivity index is 2.82. The number of hydrogen-bond acceptors (Lipinski definition) is 2. The Morgan fingerprint density at radius 3 is 2.63 bits per heavy atom. The molecule has 2 unspecified atom stereocenters. The van der Waals surface area contributed by atoms with Gasteiger partial charge in [0.25, 0.3) is 0 Å². The molecular formula is C15H24BrFN2. The maximum absolute atomic E-state index is 14.0. The van der Waals surface area contributed by atoms with E-state index in [-0.39, 0.29) is 11.9 Å². The number of rotatable bonds is 8. The maximum atomic E-state index is 14.0. The molecule has 19 heavy (non-hydrogen) atoms. The lowest BCUT2D eigenvalue weighted by atomic mass is 9.89. The fourth-order valence-corrected chi connectivity index (χ4v) is 3.05. The van der Waals surface area contributed by atoms with Gasteiger partial charge < -0.3 is 0 Å². The number of nitrogens with two attached hydrogens (primary N) is 1. The van der Waals surface area contributed by atoms with E-state index >= 15 is 0 Å². The number of hydrogen-bond donors (Lipinski definition) is 2. The van der Waals surface area contributed by atoms with E-state index in [1.165, 1.54) is 25.3 Å². The minimum Gasteiger partial charge on any atom is -0.271 e. The molecule has 0 aliphatic carbocycles. The molecule has 0 aromatic heterocycles. The van der Waals surface area contributed by atoms with Gasteiger partial charge in [-0.15, -0.1) is 0 Å². The molecule has 0 heterocycles. The molecule has 0 saturated heterocycles. The number of hydrazine groups is 1. The molecule has 0 radical (unpaired) electrons. The molecular weight excluding hydrogens is 307 g/mol. The van der Waals surface area contributed by atoms with Crippen LogP contribution >= 0.6 is 15.9 Å². The molecule has 1 aromatic carbocycles. The average Bonchev–Trinajstić information content (AvgIpc) is 2.41. The smallest absolute Gasteiger partial charge is 0.129 e. The third-order valence-electron chi connectivity index (χ3n) is 3.66. The summed E-state index contributed by atoms with van der Waals surface area (Å²) in [5.74, 6) is 6.01. The van der Waals surface area contributed by atoms with Gasteiger partial charge in [0, 0.05) is 10.0 Å². The van der Waals surface area contributed by atoms with Crippen LogP contribution in [0.15, 0.2) is 22.7 Å². The Labute approximate surface area is 124 Å². The second-order valence-corrected chi connectivity index (χ2v) is 5.86. The van der Waals surface area contributed by atoms with Gasteiger partial charge in [-0.1, -0.05) is 61.5 Å². The molecule has 3 N–H and O–H groups in total. The Morgan fingerprint density at radius 1 is 1.37 bits per heavy atom. The monoisotopic (exact) mass is 330 g/mol. The van der Waals surface area contributed by atoms with Gasteiger partial charge in [0.15, 0.2) is 0 Å². The van der Waals surface area contributed by atoms with Crippen molar-refractivity contribution < 1.29 is 4.39 Å². The topological polar surface area (TPSA) is 38.0 Å². The minimum absolute atomic E-state index is 0.141. The van der Waals surface area contributed by atoms with Crippen molar-refractivity contribution in [3.8, 4) is 0 Å². The van der Waals surface area contributed by atoms with E-state index in [1.54, 1.807) is 6.07 Å². The molecule has 4 heteroatoms. The van der Waals surface area contributed by atoms with Crippen molar-refractivity contribution >= 4 is 15.9 Å². The average molecular weight is 331 g/mol. The van der Waals surface area contributed by atoms with Gasteiger partial charge in [0.1, 0.15) is 5.82 Å². The third-order valence-corrected chi connectivity index (χ3v) is 4.35. The zero-order valence-corrected chi connectivity index (χ0v) is 13.3. The standard InChI is InChI=1S/C15H24BrFN2/c1-3-5-7-11(4-2)10-14(19-18)15-12(16)8-6-9-13(15)17/h6,8-9,11,14,19H,3-5,7,10,18H2,1-2H3. The minimum atomic E-state index is -0.206. The number of halogens is 2. The Bertz CT molecular complexity index is 364. The van der Waals surface area contributed by atoms with Crippen LogP contribution in [0.3, 0.4) is 0 Å². The van der Waals surface area contributed by atoms with Gasteiger partial charge >= 0.3 is 0 Å². The first-order valence-corrected chi connectivity index (χ1v) is 7.83. The SMILES string of the molecule is CCCCC(CC)CC(NN)c1c(F)cccc1Br. The number of unbranched alkanes of at least 4 members (excludes halogenated alkanes) is 1. The van der Waals surface area contributed by atoms with Crippen LogP contribution in [-0.4, -0.2) is 0 Å². The number of benzene rings is 1.